The second kappa shape index (κ2) is 10.4. The largest absolute Gasteiger partial charge is 0.508 e. The molecule has 0 aliphatic heterocycles. The lowest BCUT2D eigenvalue weighted by atomic mass is 10.1. The van der Waals surface area contributed by atoms with Crippen LogP contribution in [0.15, 0.2) is 42.5 Å². The molecule has 6 N–H and O–H groups in total. The van der Waals surface area contributed by atoms with Gasteiger partial charge in [-0.3, -0.25) is 4.79 Å². The summed E-state index contributed by atoms with van der Waals surface area (Å²) in [6.07, 6.45) is 0.166. The lowest BCUT2D eigenvalue weighted by Crippen LogP contribution is -2.41. The number of amides is 1. The maximum atomic E-state index is 10.5. The number of ether oxygens (including phenoxy) is 1. The van der Waals surface area contributed by atoms with Crippen molar-refractivity contribution < 1.29 is 30.0 Å². The van der Waals surface area contributed by atoms with Crippen LogP contribution in [0.4, 0.5) is 5.69 Å². The van der Waals surface area contributed by atoms with Gasteiger partial charge in [-0.1, -0.05) is 12.1 Å². The zero-order chi connectivity index (χ0) is 19.6. The minimum atomic E-state index is -0.824. The summed E-state index contributed by atoms with van der Waals surface area (Å²) in [5.41, 5.74) is 1.16. The van der Waals surface area contributed by atoms with Gasteiger partial charge in [-0.15, -0.1) is 0 Å². The summed E-state index contributed by atoms with van der Waals surface area (Å²) in [4.78, 5) is 10.5. The van der Waals surface area contributed by atoms with E-state index >= 15 is 0 Å². The van der Waals surface area contributed by atoms with Gasteiger partial charge >= 0.3 is 0 Å². The summed E-state index contributed by atoms with van der Waals surface area (Å²) in [7, 11) is 0. The van der Waals surface area contributed by atoms with Gasteiger partial charge in [0.1, 0.15) is 30.0 Å². The Morgan fingerprint density at radius 3 is 2.52 bits per heavy atom. The van der Waals surface area contributed by atoms with E-state index in [0.717, 1.165) is 5.56 Å². The third-order valence-corrected chi connectivity index (χ3v) is 3.91. The van der Waals surface area contributed by atoms with Gasteiger partial charge in [0.25, 0.3) is 0 Å². The van der Waals surface area contributed by atoms with Crippen molar-refractivity contribution in [3.8, 4) is 17.2 Å². The van der Waals surface area contributed by atoms with Crippen molar-refractivity contribution in [2.75, 3.05) is 25.1 Å². The molecule has 0 aromatic heterocycles. The molecular formula is C19H24N2O6. The SMILES string of the molecule is O=CNc1cc(OC[C@@H](O)CN[C@H](CO)Cc2ccc(O)cc2)ccc1O. The van der Waals surface area contributed by atoms with E-state index in [-0.39, 0.29) is 43.0 Å². The van der Waals surface area contributed by atoms with Crippen LogP contribution in [0.1, 0.15) is 5.56 Å². The molecule has 0 fully saturated rings. The Kier molecular flexibility index (Phi) is 7.87. The molecule has 0 saturated carbocycles. The summed E-state index contributed by atoms with van der Waals surface area (Å²) in [5, 5.41) is 43.8. The van der Waals surface area contributed by atoms with E-state index in [9.17, 15) is 25.2 Å². The summed E-state index contributed by atoms with van der Waals surface area (Å²) < 4.78 is 5.46. The molecule has 2 atom stereocenters. The highest BCUT2D eigenvalue weighted by molar-refractivity contribution is 5.76. The lowest BCUT2D eigenvalue weighted by Gasteiger charge is -2.19. The first-order chi connectivity index (χ1) is 13.0. The Morgan fingerprint density at radius 2 is 1.85 bits per heavy atom. The quantitative estimate of drug-likeness (QED) is 0.250. The van der Waals surface area contributed by atoms with Gasteiger partial charge in [-0.2, -0.15) is 0 Å². The summed E-state index contributed by atoms with van der Waals surface area (Å²) in [6, 6.07) is 10.8. The van der Waals surface area contributed by atoms with Gasteiger partial charge in [0, 0.05) is 18.7 Å². The first kappa shape index (κ1) is 20.5. The Hall–Kier alpha value is -2.81. The van der Waals surface area contributed by atoms with Crippen LogP contribution in [0.2, 0.25) is 0 Å². The van der Waals surface area contributed by atoms with Crippen LogP contribution in [0.25, 0.3) is 0 Å². The summed E-state index contributed by atoms with van der Waals surface area (Å²) >= 11 is 0. The second-order valence-electron chi connectivity index (χ2n) is 6.06. The molecule has 2 aromatic carbocycles. The number of benzene rings is 2. The normalized spacial score (nSPS) is 13.0. The predicted molar refractivity (Wildman–Crippen MR) is 100.0 cm³/mol. The van der Waals surface area contributed by atoms with Crippen LogP contribution in [0.5, 0.6) is 17.2 Å². The van der Waals surface area contributed by atoms with Crippen molar-refractivity contribution in [1.82, 2.24) is 5.32 Å². The van der Waals surface area contributed by atoms with E-state index < -0.39 is 6.10 Å². The average molecular weight is 376 g/mol. The third-order valence-electron chi connectivity index (χ3n) is 3.91. The molecule has 0 heterocycles. The highest BCUT2D eigenvalue weighted by atomic mass is 16.5. The number of hydrogen-bond donors (Lipinski definition) is 6. The zero-order valence-electron chi connectivity index (χ0n) is 14.7. The Morgan fingerprint density at radius 1 is 1.11 bits per heavy atom. The fourth-order valence-electron chi connectivity index (χ4n) is 2.46. The Bertz CT molecular complexity index is 723. The molecule has 8 heteroatoms. The highest BCUT2D eigenvalue weighted by Gasteiger charge is 2.12. The topological polar surface area (TPSA) is 131 Å². The van der Waals surface area contributed by atoms with Crippen LogP contribution < -0.4 is 15.4 Å². The van der Waals surface area contributed by atoms with Gasteiger partial charge in [0.15, 0.2) is 0 Å². The molecule has 8 nitrogen and oxygen atoms in total. The van der Waals surface area contributed by atoms with Gasteiger partial charge in [-0.05, 0) is 36.2 Å². The molecule has 0 bridgehead atoms. The van der Waals surface area contributed by atoms with E-state index in [1.54, 1.807) is 24.3 Å². The number of aliphatic hydroxyl groups is 2. The number of nitrogens with one attached hydrogen (secondary N) is 2. The molecule has 146 valence electrons. The first-order valence-corrected chi connectivity index (χ1v) is 8.48. The Balaban J connectivity index is 1.79. The van der Waals surface area contributed by atoms with Crippen molar-refractivity contribution in [3.63, 3.8) is 0 Å². The minimum Gasteiger partial charge on any atom is -0.508 e. The molecule has 0 aliphatic rings. The second-order valence-corrected chi connectivity index (χ2v) is 6.06. The van der Waals surface area contributed by atoms with Crippen LogP contribution in [0.3, 0.4) is 0 Å². The fourth-order valence-corrected chi connectivity index (χ4v) is 2.46. The number of aliphatic hydroxyl groups excluding tert-OH is 2. The van der Waals surface area contributed by atoms with Crippen molar-refractivity contribution in [1.29, 1.82) is 0 Å². The van der Waals surface area contributed by atoms with Gasteiger partial charge < -0.3 is 35.8 Å². The molecule has 0 aliphatic carbocycles. The number of anilines is 1. The standard InChI is InChI=1S/C19H24N2O6/c22-10-14(7-13-1-3-15(24)4-2-13)20-9-16(25)11-27-17-5-6-19(26)18(8-17)21-12-23/h1-6,8,12,14,16,20,22,24-26H,7,9-11H2,(H,21,23)/t14-,16-/m0/s1. The number of carbonyl (C=O) groups is 1. The first-order valence-electron chi connectivity index (χ1n) is 8.48. The van der Waals surface area contributed by atoms with E-state index in [1.807, 2.05) is 0 Å². The third kappa shape index (κ3) is 6.78. The van der Waals surface area contributed by atoms with Crippen molar-refractivity contribution in [3.05, 3.63) is 48.0 Å². The summed E-state index contributed by atoms with van der Waals surface area (Å²) in [6.45, 7) is 0.101. The van der Waals surface area contributed by atoms with Crippen molar-refractivity contribution in [2.45, 2.75) is 18.6 Å². The number of rotatable bonds is 11. The summed E-state index contributed by atoms with van der Waals surface area (Å²) in [5.74, 6) is 0.483. The van der Waals surface area contributed by atoms with Crippen LogP contribution in [0, 0.1) is 0 Å². The minimum absolute atomic E-state index is 0.00430. The van der Waals surface area contributed by atoms with E-state index in [2.05, 4.69) is 10.6 Å². The molecule has 0 spiro atoms. The van der Waals surface area contributed by atoms with E-state index in [1.165, 1.54) is 18.2 Å². The average Bonchev–Trinajstić information content (AvgIpc) is 2.67. The number of phenols is 2. The van der Waals surface area contributed by atoms with E-state index in [0.29, 0.717) is 18.6 Å². The number of carbonyl (C=O) groups excluding carboxylic acids is 1. The monoisotopic (exact) mass is 376 g/mol. The van der Waals surface area contributed by atoms with Crippen molar-refractivity contribution in [2.24, 2.45) is 0 Å². The van der Waals surface area contributed by atoms with Crippen LogP contribution in [-0.4, -0.2) is 58.7 Å². The van der Waals surface area contributed by atoms with Gasteiger partial charge in [0.2, 0.25) is 6.41 Å². The van der Waals surface area contributed by atoms with Gasteiger partial charge in [-0.25, -0.2) is 0 Å². The maximum absolute atomic E-state index is 10.5. The lowest BCUT2D eigenvalue weighted by molar-refractivity contribution is -0.105. The fraction of sp³-hybridized carbons (Fsp3) is 0.316. The number of hydrogen-bond acceptors (Lipinski definition) is 7. The van der Waals surface area contributed by atoms with Crippen LogP contribution in [-0.2, 0) is 11.2 Å². The molecule has 2 rings (SSSR count). The molecule has 0 saturated heterocycles. The van der Waals surface area contributed by atoms with E-state index in [4.69, 9.17) is 4.74 Å². The number of aromatic hydroxyl groups is 2. The molecule has 0 unspecified atom stereocenters. The highest BCUT2D eigenvalue weighted by Crippen LogP contribution is 2.27. The maximum Gasteiger partial charge on any atom is 0.211 e. The predicted octanol–water partition coefficient (Wildman–Crippen LogP) is 0.599. The molecule has 2 aromatic rings. The Labute approximate surface area is 157 Å². The molecule has 27 heavy (non-hydrogen) atoms. The zero-order valence-corrected chi connectivity index (χ0v) is 14.7. The molecular weight excluding hydrogens is 352 g/mol. The number of phenolic OH excluding ortho intramolecular Hbond substituents is 2. The van der Waals surface area contributed by atoms with Crippen LogP contribution >= 0.6 is 0 Å². The molecule has 1 amide bonds. The van der Waals surface area contributed by atoms with Crippen molar-refractivity contribution >= 4 is 12.1 Å². The molecule has 0 radical (unpaired) electrons. The van der Waals surface area contributed by atoms with Gasteiger partial charge in [0.05, 0.1) is 12.3 Å². The smallest absolute Gasteiger partial charge is 0.211 e.